The van der Waals surface area contributed by atoms with Crippen molar-refractivity contribution < 1.29 is 9.47 Å². The Balaban J connectivity index is 1.99. The topological polar surface area (TPSA) is 58.1 Å². The second-order valence-electron chi connectivity index (χ2n) is 6.56. The maximum absolute atomic E-state index is 5.47. The highest BCUT2D eigenvalue weighted by molar-refractivity contribution is 5.79. The SMILES string of the molecule is CCNC(=NCc1ccc(OC)cc1OC)NCC(CC)N1CCCC1. The molecule has 146 valence electrons. The smallest absolute Gasteiger partial charge is 0.191 e. The van der Waals surface area contributed by atoms with Gasteiger partial charge < -0.3 is 20.1 Å². The molecule has 1 atom stereocenters. The minimum absolute atomic E-state index is 0.559. The number of aliphatic imine (C=N–C) groups is 1. The zero-order chi connectivity index (χ0) is 18.8. The Bertz CT molecular complexity index is 571. The molecule has 6 nitrogen and oxygen atoms in total. The molecule has 0 amide bonds. The molecule has 6 heteroatoms. The summed E-state index contributed by atoms with van der Waals surface area (Å²) in [5, 5.41) is 6.85. The molecule has 0 spiro atoms. The van der Waals surface area contributed by atoms with Gasteiger partial charge in [0.1, 0.15) is 11.5 Å². The Hall–Kier alpha value is -1.95. The van der Waals surface area contributed by atoms with Crippen LogP contribution in [0.4, 0.5) is 0 Å². The van der Waals surface area contributed by atoms with E-state index in [0.29, 0.717) is 12.6 Å². The first-order chi connectivity index (χ1) is 12.7. The van der Waals surface area contributed by atoms with Crippen LogP contribution in [0.2, 0.25) is 0 Å². The Kier molecular flexibility index (Phi) is 8.54. The van der Waals surface area contributed by atoms with Crippen LogP contribution in [0, 0.1) is 0 Å². The van der Waals surface area contributed by atoms with E-state index in [-0.39, 0.29) is 0 Å². The highest BCUT2D eigenvalue weighted by Crippen LogP contribution is 2.25. The molecule has 26 heavy (non-hydrogen) atoms. The lowest BCUT2D eigenvalue weighted by Gasteiger charge is -2.27. The molecular weight excluding hydrogens is 328 g/mol. The number of guanidine groups is 1. The molecule has 1 unspecified atom stereocenters. The van der Waals surface area contributed by atoms with E-state index in [9.17, 15) is 0 Å². The predicted molar refractivity (Wildman–Crippen MR) is 107 cm³/mol. The van der Waals surface area contributed by atoms with Crippen molar-refractivity contribution in [2.75, 3.05) is 40.4 Å². The summed E-state index contributed by atoms with van der Waals surface area (Å²) in [6, 6.07) is 6.40. The molecule has 2 N–H and O–H groups in total. The van der Waals surface area contributed by atoms with E-state index >= 15 is 0 Å². The number of ether oxygens (including phenoxy) is 2. The third kappa shape index (κ3) is 5.80. The molecule has 0 aromatic heterocycles. The number of likely N-dealkylation sites (tertiary alicyclic amines) is 1. The highest BCUT2D eigenvalue weighted by Gasteiger charge is 2.20. The average molecular weight is 363 g/mol. The summed E-state index contributed by atoms with van der Waals surface area (Å²) in [6.45, 7) is 9.10. The summed E-state index contributed by atoms with van der Waals surface area (Å²) < 4.78 is 10.7. The Morgan fingerprint density at radius 2 is 1.92 bits per heavy atom. The molecule has 1 saturated heterocycles. The summed E-state index contributed by atoms with van der Waals surface area (Å²) in [4.78, 5) is 7.32. The largest absolute Gasteiger partial charge is 0.497 e. The monoisotopic (exact) mass is 362 g/mol. The van der Waals surface area contributed by atoms with E-state index in [1.165, 1.54) is 25.9 Å². The Morgan fingerprint density at radius 3 is 2.54 bits per heavy atom. The van der Waals surface area contributed by atoms with Crippen LogP contribution in [0.15, 0.2) is 23.2 Å². The molecule has 1 aliphatic rings. The highest BCUT2D eigenvalue weighted by atomic mass is 16.5. The van der Waals surface area contributed by atoms with Gasteiger partial charge in [0.05, 0.1) is 20.8 Å². The zero-order valence-electron chi connectivity index (χ0n) is 16.7. The molecular formula is C20H34N4O2. The van der Waals surface area contributed by atoms with Crippen LogP contribution in [0.1, 0.15) is 38.7 Å². The fourth-order valence-corrected chi connectivity index (χ4v) is 3.34. The van der Waals surface area contributed by atoms with Crippen LogP contribution in [0.25, 0.3) is 0 Å². The predicted octanol–water partition coefficient (Wildman–Crippen LogP) is 2.63. The minimum Gasteiger partial charge on any atom is -0.497 e. The van der Waals surface area contributed by atoms with E-state index in [4.69, 9.17) is 14.5 Å². The average Bonchev–Trinajstić information content (AvgIpc) is 3.20. The van der Waals surface area contributed by atoms with Crippen LogP contribution >= 0.6 is 0 Å². The number of benzene rings is 1. The molecule has 1 heterocycles. The third-order valence-electron chi connectivity index (χ3n) is 4.88. The van der Waals surface area contributed by atoms with Gasteiger partial charge in [-0.2, -0.15) is 0 Å². The lowest BCUT2D eigenvalue weighted by molar-refractivity contribution is 0.236. The van der Waals surface area contributed by atoms with Crippen LogP contribution in [-0.4, -0.2) is 57.3 Å². The van der Waals surface area contributed by atoms with Gasteiger partial charge in [0.25, 0.3) is 0 Å². The molecule has 0 aliphatic carbocycles. The second kappa shape index (κ2) is 10.9. The zero-order valence-corrected chi connectivity index (χ0v) is 16.7. The van der Waals surface area contributed by atoms with E-state index < -0.39 is 0 Å². The van der Waals surface area contributed by atoms with Gasteiger partial charge in [-0.1, -0.05) is 6.92 Å². The van der Waals surface area contributed by atoms with Crippen molar-refractivity contribution in [2.45, 2.75) is 45.7 Å². The number of nitrogens with zero attached hydrogens (tertiary/aromatic N) is 2. The Morgan fingerprint density at radius 1 is 1.15 bits per heavy atom. The summed E-state index contributed by atoms with van der Waals surface area (Å²) in [5.41, 5.74) is 1.04. The summed E-state index contributed by atoms with van der Waals surface area (Å²) in [6.07, 6.45) is 3.79. The van der Waals surface area contributed by atoms with Crippen LogP contribution in [0.5, 0.6) is 11.5 Å². The van der Waals surface area contributed by atoms with Crippen molar-refractivity contribution >= 4 is 5.96 Å². The Labute approximate surface area is 158 Å². The van der Waals surface area contributed by atoms with Crippen LogP contribution in [0.3, 0.4) is 0 Å². The van der Waals surface area contributed by atoms with E-state index in [1.54, 1.807) is 14.2 Å². The first kappa shape index (κ1) is 20.4. The number of hydrogen-bond acceptors (Lipinski definition) is 4. The van der Waals surface area contributed by atoms with Gasteiger partial charge in [0, 0.05) is 30.8 Å². The van der Waals surface area contributed by atoms with Crippen molar-refractivity contribution in [3.05, 3.63) is 23.8 Å². The van der Waals surface area contributed by atoms with Crippen molar-refractivity contribution in [3.63, 3.8) is 0 Å². The maximum Gasteiger partial charge on any atom is 0.191 e. The molecule has 1 aromatic carbocycles. The number of nitrogens with one attached hydrogen (secondary N) is 2. The fourth-order valence-electron chi connectivity index (χ4n) is 3.34. The molecule has 1 aromatic rings. The van der Waals surface area contributed by atoms with Crippen LogP contribution < -0.4 is 20.1 Å². The van der Waals surface area contributed by atoms with Crippen molar-refractivity contribution in [2.24, 2.45) is 4.99 Å². The van der Waals surface area contributed by atoms with Gasteiger partial charge in [0.15, 0.2) is 5.96 Å². The fraction of sp³-hybridized carbons (Fsp3) is 0.650. The van der Waals surface area contributed by atoms with Gasteiger partial charge in [-0.3, -0.25) is 4.90 Å². The van der Waals surface area contributed by atoms with Crippen molar-refractivity contribution in [1.82, 2.24) is 15.5 Å². The second-order valence-corrected chi connectivity index (χ2v) is 6.56. The molecule has 0 bridgehead atoms. The van der Waals surface area contributed by atoms with E-state index in [1.807, 2.05) is 18.2 Å². The summed E-state index contributed by atoms with van der Waals surface area (Å²) in [7, 11) is 3.33. The molecule has 0 radical (unpaired) electrons. The molecule has 2 rings (SSSR count). The quantitative estimate of drug-likeness (QED) is 0.522. The molecule has 1 fully saturated rings. The van der Waals surface area contributed by atoms with Gasteiger partial charge in [-0.15, -0.1) is 0 Å². The van der Waals surface area contributed by atoms with Gasteiger partial charge >= 0.3 is 0 Å². The van der Waals surface area contributed by atoms with Gasteiger partial charge in [0.2, 0.25) is 0 Å². The molecule has 1 aliphatic heterocycles. The summed E-state index contributed by atoms with van der Waals surface area (Å²) in [5.74, 6) is 2.44. The first-order valence-electron chi connectivity index (χ1n) is 9.68. The van der Waals surface area contributed by atoms with Gasteiger partial charge in [-0.25, -0.2) is 4.99 Å². The van der Waals surface area contributed by atoms with Crippen LogP contribution in [-0.2, 0) is 6.54 Å². The van der Waals surface area contributed by atoms with Crippen molar-refractivity contribution in [3.8, 4) is 11.5 Å². The lowest BCUT2D eigenvalue weighted by Crippen LogP contribution is -2.46. The number of rotatable bonds is 9. The first-order valence-corrected chi connectivity index (χ1v) is 9.68. The lowest BCUT2D eigenvalue weighted by atomic mass is 10.2. The number of hydrogen-bond donors (Lipinski definition) is 2. The number of methoxy groups -OCH3 is 2. The van der Waals surface area contributed by atoms with E-state index in [2.05, 4.69) is 29.4 Å². The third-order valence-corrected chi connectivity index (χ3v) is 4.88. The van der Waals surface area contributed by atoms with Gasteiger partial charge in [-0.05, 0) is 51.4 Å². The summed E-state index contributed by atoms with van der Waals surface area (Å²) >= 11 is 0. The maximum atomic E-state index is 5.47. The molecule has 0 saturated carbocycles. The normalized spacial score (nSPS) is 16.4. The van der Waals surface area contributed by atoms with E-state index in [0.717, 1.165) is 42.5 Å². The standard InChI is InChI=1S/C20H34N4O2/c1-5-17(24-11-7-8-12-24)15-23-20(21-6-2)22-14-16-9-10-18(25-3)13-19(16)26-4/h9-10,13,17H,5-8,11-12,14-15H2,1-4H3,(H2,21,22,23). The van der Waals surface area contributed by atoms with Crippen molar-refractivity contribution in [1.29, 1.82) is 0 Å². The minimum atomic E-state index is 0.559.